The Morgan fingerprint density at radius 2 is 2.04 bits per heavy atom. The van der Waals surface area contributed by atoms with Crippen molar-refractivity contribution in [3.63, 3.8) is 0 Å². The molecule has 1 aromatic heterocycles. The quantitative estimate of drug-likeness (QED) is 0.708. The molecule has 1 aliphatic heterocycles. The first-order valence-corrected chi connectivity index (χ1v) is 9.27. The number of carbonyl (C=O) groups is 1. The van der Waals surface area contributed by atoms with Crippen LogP contribution in [0.25, 0.3) is 5.69 Å². The number of hydrogen-bond acceptors (Lipinski definition) is 4. The highest BCUT2D eigenvalue weighted by atomic mass is 35.5. The number of piperazine rings is 1. The summed E-state index contributed by atoms with van der Waals surface area (Å²) < 4.78 is 1.63. The molecule has 146 valence electrons. The molecule has 1 aliphatic rings. The highest BCUT2D eigenvalue weighted by Gasteiger charge is 2.31. The zero-order valence-corrected chi connectivity index (χ0v) is 17.0. The molecule has 1 N–H and O–H groups in total. The smallest absolute Gasteiger partial charge is 0.276 e. The summed E-state index contributed by atoms with van der Waals surface area (Å²) in [5.74, 6) is -0.139. The third-order valence-electron chi connectivity index (χ3n) is 4.75. The Morgan fingerprint density at radius 3 is 2.82 bits per heavy atom. The second-order valence-electron chi connectivity index (χ2n) is 6.63. The third-order valence-corrected chi connectivity index (χ3v) is 5.09. The van der Waals surface area contributed by atoms with E-state index in [1.165, 1.54) is 0 Å². The standard InChI is InChI=1S/C20H20ClN5O.ClH/c1-14-5-4-6-15(11-14)26-13-18(23-24-26)20(27)25-10-9-22-12-19(25)16-7-2-3-8-17(16)21;/h2-8,11,13,19,22H,9-10,12H2,1H3;1H. The maximum Gasteiger partial charge on any atom is 0.276 e. The van der Waals surface area contributed by atoms with Crippen LogP contribution < -0.4 is 5.32 Å². The number of amides is 1. The highest BCUT2D eigenvalue weighted by Crippen LogP contribution is 2.29. The number of nitrogens with zero attached hydrogens (tertiary/aromatic N) is 4. The molecule has 28 heavy (non-hydrogen) atoms. The van der Waals surface area contributed by atoms with Crippen LogP contribution >= 0.6 is 24.0 Å². The molecule has 6 nitrogen and oxygen atoms in total. The van der Waals surface area contributed by atoms with Gasteiger partial charge >= 0.3 is 0 Å². The van der Waals surface area contributed by atoms with Crippen molar-refractivity contribution in [3.05, 3.63) is 76.6 Å². The van der Waals surface area contributed by atoms with Crippen LogP contribution in [0.1, 0.15) is 27.7 Å². The number of benzene rings is 2. The number of carbonyl (C=O) groups excluding carboxylic acids is 1. The van der Waals surface area contributed by atoms with Crippen LogP contribution in [-0.4, -0.2) is 45.4 Å². The molecule has 2 aromatic carbocycles. The van der Waals surface area contributed by atoms with Crippen LogP contribution in [0.5, 0.6) is 0 Å². The van der Waals surface area contributed by atoms with Crippen molar-refractivity contribution in [1.29, 1.82) is 0 Å². The zero-order valence-electron chi connectivity index (χ0n) is 15.4. The molecule has 0 spiro atoms. The molecule has 8 heteroatoms. The minimum absolute atomic E-state index is 0. The van der Waals surface area contributed by atoms with Gasteiger partial charge in [-0.3, -0.25) is 4.79 Å². The molecule has 1 fully saturated rings. The first-order chi connectivity index (χ1) is 13.1. The third kappa shape index (κ3) is 4.04. The van der Waals surface area contributed by atoms with E-state index in [9.17, 15) is 4.79 Å². The molecule has 1 saturated heterocycles. The topological polar surface area (TPSA) is 63.1 Å². The Balaban J connectivity index is 0.00000225. The van der Waals surface area contributed by atoms with Crippen LogP contribution in [0.2, 0.25) is 5.02 Å². The lowest BCUT2D eigenvalue weighted by atomic mass is 10.0. The van der Waals surface area contributed by atoms with Gasteiger partial charge in [-0.2, -0.15) is 0 Å². The number of nitrogens with one attached hydrogen (secondary N) is 1. The van der Waals surface area contributed by atoms with Gasteiger partial charge < -0.3 is 10.2 Å². The van der Waals surface area contributed by atoms with Crippen LogP contribution in [0.15, 0.2) is 54.7 Å². The Hall–Kier alpha value is -2.41. The van der Waals surface area contributed by atoms with Crippen LogP contribution in [-0.2, 0) is 0 Å². The van der Waals surface area contributed by atoms with Crippen molar-refractivity contribution < 1.29 is 4.79 Å². The lowest BCUT2D eigenvalue weighted by Gasteiger charge is -2.36. The van der Waals surface area contributed by atoms with E-state index in [1.807, 2.05) is 60.4 Å². The van der Waals surface area contributed by atoms with E-state index < -0.39 is 0 Å². The van der Waals surface area contributed by atoms with Gasteiger partial charge in [0.05, 0.1) is 17.9 Å². The van der Waals surface area contributed by atoms with Crippen molar-refractivity contribution in [2.45, 2.75) is 13.0 Å². The second kappa shape index (κ2) is 8.73. The molecule has 1 unspecified atom stereocenters. The average molecular weight is 418 g/mol. The van der Waals surface area contributed by atoms with E-state index in [-0.39, 0.29) is 24.4 Å². The largest absolute Gasteiger partial charge is 0.328 e. The van der Waals surface area contributed by atoms with Crippen molar-refractivity contribution in [3.8, 4) is 5.69 Å². The first kappa shape index (κ1) is 20.3. The van der Waals surface area contributed by atoms with Gasteiger partial charge in [-0.25, -0.2) is 4.68 Å². The maximum absolute atomic E-state index is 13.1. The Morgan fingerprint density at radius 1 is 1.21 bits per heavy atom. The van der Waals surface area contributed by atoms with Crippen molar-refractivity contribution in [1.82, 2.24) is 25.2 Å². The number of hydrogen-bond donors (Lipinski definition) is 1. The van der Waals surface area contributed by atoms with Gasteiger partial charge in [0.25, 0.3) is 5.91 Å². The summed E-state index contributed by atoms with van der Waals surface area (Å²) in [4.78, 5) is 15.0. The Bertz CT molecular complexity index is 974. The lowest BCUT2D eigenvalue weighted by molar-refractivity contribution is 0.0628. The molecule has 0 bridgehead atoms. The van der Waals surface area contributed by atoms with E-state index in [1.54, 1.807) is 10.9 Å². The molecule has 0 saturated carbocycles. The average Bonchev–Trinajstić information content (AvgIpc) is 3.18. The molecule has 0 aliphatic carbocycles. The molecule has 1 atom stereocenters. The first-order valence-electron chi connectivity index (χ1n) is 8.89. The van der Waals surface area contributed by atoms with Gasteiger partial charge in [0.2, 0.25) is 0 Å². The van der Waals surface area contributed by atoms with Crippen molar-refractivity contribution >= 4 is 29.9 Å². The number of halogens is 2. The second-order valence-corrected chi connectivity index (χ2v) is 7.03. The molecular formula is C20H21Cl2N5O. The van der Waals surface area contributed by atoms with Crippen molar-refractivity contribution in [2.24, 2.45) is 0 Å². The molecular weight excluding hydrogens is 397 g/mol. The van der Waals surface area contributed by atoms with E-state index in [0.29, 0.717) is 23.8 Å². The Kier molecular flexibility index (Phi) is 6.34. The lowest BCUT2D eigenvalue weighted by Crippen LogP contribution is -2.48. The normalized spacial score (nSPS) is 16.5. The molecule has 0 radical (unpaired) electrons. The Labute approximate surface area is 174 Å². The van der Waals surface area contributed by atoms with Crippen LogP contribution in [0.3, 0.4) is 0 Å². The highest BCUT2D eigenvalue weighted by molar-refractivity contribution is 6.31. The SMILES string of the molecule is Cc1cccc(-n2cc(C(=O)N3CCNCC3c3ccccc3Cl)nn2)c1.Cl. The van der Waals surface area contributed by atoms with Crippen LogP contribution in [0.4, 0.5) is 0 Å². The number of aryl methyl sites for hydroxylation is 1. The van der Waals surface area contributed by atoms with E-state index in [4.69, 9.17) is 11.6 Å². The number of rotatable bonds is 3. The number of aromatic nitrogens is 3. The molecule has 2 heterocycles. The van der Waals surface area contributed by atoms with Gasteiger partial charge in [-0.1, -0.05) is 47.1 Å². The fourth-order valence-corrected chi connectivity index (χ4v) is 3.64. The predicted octanol–water partition coefficient (Wildman–Crippen LogP) is 3.44. The van der Waals surface area contributed by atoms with Gasteiger partial charge in [-0.15, -0.1) is 17.5 Å². The fraction of sp³-hybridized carbons (Fsp3) is 0.250. The summed E-state index contributed by atoms with van der Waals surface area (Å²) in [7, 11) is 0. The minimum atomic E-state index is -0.139. The summed E-state index contributed by atoms with van der Waals surface area (Å²) >= 11 is 6.37. The summed E-state index contributed by atoms with van der Waals surface area (Å²) in [5, 5.41) is 12.3. The summed E-state index contributed by atoms with van der Waals surface area (Å²) in [5.41, 5.74) is 3.27. The van der Waals surface area contributed by atoms with E-state index in [2.05, 4.69) is 15.6 Å². The summed E-state index contributed by atoms with van der Waals surface area (Å²) in [6.07, 6.45) is 1.68. The van der Waals surface area contributed by atoms with Crippen molar-refractivity contribution in [2.75, 3.05) is 19.6 Å². The summed E-state index contributed by atoms with van der Waals surface area (Å²) in [6.45, 7) is 3.99. The summed E-state index contributed by atoms with van der Waals surface area (Å²) in [6, 6.07) is 15.4. The molecule has 3 aromatic rings. The fourth-order valence-electron chi connectivity index (χ4n) is 3.38. The van der Waals surface area contributed by atoms with Gasteiger partial charge in [0.1, 0.15) is 0 Å². The minimum Gasteiger partial charge on any atom is -0.328 e. The van der Waals surface area contributed by atoms with E-state index >= 15 is 0 Å². The van der Waals surface area contributed by atoms with Gasteiger partial charge in [-0.05, 0) is 36.2 Å². The zero-order chi connectivity index (χ0) is 18.8. The van der Waals surface area contributed by atoms with Gasteiger partial charge in [0.15, 0.2) is 5.69 Å². The predicted molar refractivity (Wildman–Crippen MR) is 111 cm³/mol. The molecule has 4 rings (SSSR count). The maximum atomic E-state index is 13.1. The molecule has 1 amide bonds. The monoisotopic (exact) mass is 417 g/mol. The van der Waals surface area contributed by atoms with E-state index in [0.717, 1.165) is 23.4 Å². The van der Waals surface area contributed by atoms with Gasteiger partial charge in [0, 0.05) is 24.7 Å². The van der Waals surface area contributed by atoms with Crippen LogP contribution in [0, 0.1) is 6.92 Å².